The molecule has 1 aromatic rings. The van der Waals surface area contributed by atoms with Gasteiger partial charge in [0.15, 0.2) is 0 Å². The molecule has 1 saturated heterocycles. The maximum Gasteiger partial charge on any atom is 0.245 e. The average Bonchev–Trinajstić information content (AvgIpc) is 2.80. The standard InChI is InChI=1S/C13H18N2O2S/c1-3-9-5-6-18-11(9)7-15-8-12(16)14-10(4-2)13(15)17/h5-6,10H,3-4,7-8H2,1-2H3,(H,14,16). The van der Waals surface area contributed by atoms with Crippen molar-refractivity contribution in [3.8, 4) is 0 Å². The van der Waals surface area contributed by atoms with Crippen LogP contribution in [0.25, 0.3) is 0 Å². The monoisotopic (exact) mass is 266 g/mol. The number of carbonyl (C=O) groups excluding carboxylic acids is 2. The van der Waals surface area contributed by atoms with Crippen molar-refractivity contribution >= 4 is 23.2 Å². The van der Waals surface area contributed by atoms with E-state index in [0.29, 0.717) is 13.0 Å². The van der Waals surface area contributed by atoms with Gasteiger partial charge in [0.2, 0.25) is 11.8 Å². The Kier molecular flexibility index (Phi) is 4.01. The largest absolute Gasteiger partial charge is 0.343 e. The molecule has 2 amide bonds. The molecule has 0 radical (unpaired) electrons. The molecule has 2 rings (SSSR count). The molecule has 0 saturated carbocycles. The van der Waals surface area contributed by atoms with Crippen LogP contribution in [-0.4, -0.2) is 29.3 Å². The zero-order chi connectivity index (χ0) is 13.1. The molecular weight excluding hydrogens is 248 g/mol. The minimum atomic E-state index is -0.351. The lowest BCUT2D eigenvalue weighted by Crippen LogP contribution is -2.57. The van der Waals surface area contributed by atoms with E-state index in [9.17, 15) is 9.59 Å². The zero-order valence-electron chi connectivity index (χ0n) is 10.7. The summed E-state index contributed by atoms with van der Waals surface area (Å²) in [6.45, 7) is 4.75. The normalized spacial score (nSPS) is 20.1. The fourth-order valence-corrected chi connectivity index (χ4v) is 3.17. The van der Waals surface area contributed by atoms with Gasteiger partial charge in [-0.2, -0.15) is 0 Å². The van der Waals surface area contributed by atoms with E-state index in [-0.39, 0.29) is 24.4 Å². The quantitative estimate of drug-likeness (QED) is 0.899. The Hall–Kier alpha value is -1.36. The van der Waals surface area contributed by atoms with E-state index in [4.69, 9.17) is 0 Å². The molecule has 1 aliphatic heterocycles. The van der Waals surface area contributed by atoms with Gasteiger partial charge in [-0.15, -0.1) is 11.3 Å². The minimum absolute atomic E-state index is 0.0348. The molecule has 5 heteroatoms. The van der Waals surface area contributed by atoms with E-state index < -0.39 is 0 Å². The number of hydrogen-bond acceptors (Lipinski definition) is 3. The first-order valence-electron chi connectivity index (χ1n) is 6.29. The molecule has 0 aliphatic carbocycles. The van der Waals surface area contributed by atoms with Gasteiger partial charge in [-0.3, -0.25) is 9.59 Å². The average molecular weight is 266 g/mol. The Bertz CT molecular complexity index is 456. The third-order valence-corrected chi connectivity index (χ3v) is 4.19. The highest BCUT2D eigenvalue weighted by molar-refractivity contribution is 7.10. The molecule has 0 bridgehead atoms. The Morgan fingerprint density at radius 1 is 1.44 bits per heavy atom. The molecule has 0 spiro atoms. The van der Waals surface area contributed by atoms with Crippen molar-refractivity contribution in [2.45, 2.75) is 39.3 Å². The first-order chi connectivity index (χ1) is 8.65. The summed E-state index contributed by atoms with van der Waals surface area (Å²) in [5, 5.41) is 4.77. The van der Waals surface area contributed by atoms with E-state index in [2.05, 4.69) is 18.3 Å². The lowest BCUT2D eigenvalue weighted by atomic mass is 10.1. The van der Waals surface area contributed by atoms with Gasteiger partial charge in [0.1, 0.15) is 6.04 Å². The third-order valence-electron chi connectivity index (χ3n) is 3.24. The lowest BCUT2D eigenvalue weighted by Gasteiger charge is -2.32. The van der Waals surface area contributed by atoms with Gasteiger partial charge in [-0.25, -0.2) is 0 Å². The molecule has 0 aromatic carbocycles. The number of nitrogens with one attached hydrogen (secondary N) is 1. The van der Waals surface area contributed by atoms with E-state index in [0.717, 1.165) is 6.42 Å². The maximum atomic E-state index is 12.1. The molecule has 1 aromatic heterocycles. The van der Waals surface area contributed by atoms with Crippen molar-refractivity contribution in [3.63, 3.8) is 0 Å². The second kappa shape index (κ2) is 5.52. The first-order valence-corrected chi connectivity index (χ1v) is 7.17. The second-order valence-corrected chi connectivity index (χ2v) is 5.45. The first kappa shape index (κ1) is 13.1. The van der Waals surface area contributed by atoms with E-state index in [1.807, 2.05) is 12.3 Å². The van der Waals surface area contributed by atoms with Crippen LogP contribution in [0.4, 0.5) is 0 Å². The van der Waals surface area contributed by atoms with E-state index in [1.165, 1.54) is 10.4 Å². The van der Waals surface area contributed by atoms with Gasteiger partial charge in [-0.1, -0.05) is 13.8 Å². The molecule has 1 fully saturated rings. The Labute approximate surface area is 111 Å². The van der Waals surface area contributed by atoms with Crippen LogP contribution in [0.15, 0.2) is 11.4 Å². The van der Waals surface area contributed by atoms with Crippen molar-refractivity contribution in [1.82, 2.24) is 10.2 Å². The summed E-state index contributed by atoms with van der Waals surface area (Å²) in [6.07, 6.45) is 1.61. The van der Waals surface area contributed by atoms with E-state index >= 15 is 0 Å². The van der Waals surface area contributed by atoms with Crippen molar-refractivity contribution in [1.29, 1.82) is 0 Å². The van der Waals surface area contributed by atoms with Gasteiger partial charge in [0, 0.05) is 4.88 Å². The number of carbonyl (C=O) groups is 2. The van der Waals surface area contributed by atoms with Crippen LogP contribution in [0.5, 0.6) is 0 Å². The number of nitrogens with zero attached hydrogens (tertiary/aromatic N) is 1. The number of thiophene rings is 1. The summed E-state index contributed by atoms with van der Waals surface area (Å²) in [5.74, 6) is -0.0244. The Morgan fingerprint density at radius 3 is 2.89 bits per heavy atom. The fourth-order valence-electron chi connectivity index (χ4n) is 2.18. The van der Waals surface area contributed by atoms with Gasteiger partial charge < -0.3 is 10.2 Å². The predicted octanol–water partition coefficient (Wildman–Crippen LogP) is 1.55. The number of amides is 2. The number of aryl methyl sites for hydroxylation is 1. The topological polar surface area (TPSA) is 49.4 Å². The molecule has 98 valence electrons. The summed E-state index contributed by atoms with van der Waals surface area (Å²) in [5.41, 5.74) is 1.27. The van der Waals surface area contributed by atoms with Crippen LogP contribution < -0.4 is 5.32 Å². The summed E-state index contributed by atoms with van der Waals surface area (Å²) >= 11 is 1.65. The SMILES string of the molecule is CCc1ccsc1CN1CC(=O)NC(CC)C1=O. The van der Waals surface area contributed by atoms with Crippen LogP contribution in [0.1, 0.15) is 30.7 Å². The van der Waals surface area contributed by atoms with Gasteiger partial charge in [-0.05, 0) is 29.9 Å². The van der Waals surface area contributed by atoms with Crippen LogP contribution in [0, 0.1) is 0 Å². The lowest BCUT2D eigenvalue weighted by molar-refractivity contribution is -0.144. The number of piperazine rings is 1. The fraction of sp³-hybridized carbons (Fsp3) is 0.538. The Balaban J connectivity index is 2.12. The smallest absolute Gasteiger partial charge is 0.245 e. The van der Waals surface area contributed by atoms with Crippen LogP contribution in [0.3, 0.4) is 0 Å². The van der Waals surface area contributed by atoms with E-state index in [1.54, 1.807) is 16.2 Å². The second-order valence-electron chi connectivity index (χ2n) is 4.45. The van der Waals surface area contributed by atoms with Crippen LogP contribution in [-0.2, 0) is 22.6 Å². The molecule has 2 heterocycles. The number of hydrogen-bond donors (Lipinski definition) is 1. The minimum Gasteiger partial charge on any atom is -0.343 e. The van der Waals surface area contributed by atoms with Gasteiger partial charge >= 0.3 is 0 Å². The van der Waals surface area contributed by atoms with Crippen LogP contribution >= 0.6 is 11.3 Å². The van der Waals surface area contributed by atoms with Crippen molar-refractivity contribution in [2.75, 3.05) is 6.54 Å². The molecule has 1 N–H and O–H groups in total. The summed E-state index contributed by atoms with van der Waals surface area (Å²) < 4.78 is 0. The summed E-state index contributed by atoms with van der Waals surface area (Å²) in [6, 6.07) is 1.74. The molecule has 1 unspecified atom stereocenters. The number of rotatable bonds is 4. The van der Waals surface area contributed by atoms with Crippen molar-refractivity contribution in [3.05, 3.63) is 21.9 Å². The molecule has 4 nitrogen and oxygen atoms in total. The highest BCUT2D eigenvalue weighted by Gasteiger charge is 2.31. The van der Waals surface area contributed by atoms with Crippen LogP contribution in [0.2, 0.25) is 0 Å². The molecule has 1 atom stereocenters. The zero-order valence-corrected chi connectivity index (χ0v) is 11.5. The van der Waals surface area contributed by atoms with Gasteiger partial charge in [0.25, 0.3) is 0 Å². The van der Waals surface area contributed by atoms with Crippen molar-refractivity contribution in [2.24, 2.45) is 0 Å². The summed E-state index contributed by atoms with van der Waals surface area (Å²) in [7, 11) is 0. The van der Waals surface area contributed by atoms with Gasteiger partial charge in [0.05, 0.1) is 13.1 Å². The molecule has 18 heavy (non-hydrogen) atoms. The molecule has 1 aliphatic rings. The highest BCUT2D eigenvalue weighted by atomic mass is 32.1. The Morgan fingerprint density at radius 2 is 2.22 bits per heavy atom. The summed E-state index contributed by atoms with van der Waals surface area (Å²) in [4.78, 5) is 26.6. The predicted molar refractivity (Wildman–Crippen MR) is 71.3 cm³/mol. The maximum absolute atomic E-state index is 12.1. The van der Waals surface area contributed by atoms with Crippen molar-refractivity contribution < 1.29 is 9.59 Å². The highest BCUT2D eigenvalue weighted by Crippen LogP contribution is 2.20. The third kappa shape index (κ3) is 2.56. The molecular formula is C13H18N2O2S.